The molecule has 0 atom stereocenters. The fourth-order valence-corrected chi connectivity index (χ4v) is 3.40. The Kier molecular flexibility index (Phi) is 4.63. The lowest BCUT2D eigenvalue weighted by molar-refractivity contribution is -0.130. The number of nitrogens with zero attached hydrogens (tertiary/aromatic N) is 1. The van der Waals surface area contributed by atoms with Gasteiger partial charge in [0.25, 0.3) is 0 Å². The standard InChI is InChI=1S/C17H11Br2NO3/c18-12-7-11(16(21)13(19)9-12)8-14-17(22)23-15(20-14)6-10-4-2-1-3-5-10/h1-5,7-9,21H,6H2/b14-8+. The number of carbonyl (C=O) groups excluding carboxylic acids is 1. The summed E-state index contributed by atoms with van der Waals surface area (Å²) in [5, 5.41) is 10.1. The van der Waals surface area contributed by atoms with E-state index in [1.54, 1.807) is 12.1 Å². The molecular formula is C17H11Br2NO3. The molecule has 6 heteroatoms. The Hall–Kier alpha value is -1.92. The maximum absolute atomic E-state index is 12.0. The van der Waals surface area contributed by atoms with Crippen LogP contribution in [0.15, 0.2) is 62.1 Å². The molecule has 0 unspecified atom stereocenters. The topological polar surface area (TPSA) is 58.9 Å². The Morgan fingerprint density at radius 3 is 2.65 bits per heavy atom. The largest absolute Gasteiger partial charge is 0.506 e. The molecule has 1 aliphatic heterocycles. The van der Waals surface area contributed by atoms with E-state index < -0.39 is 5.97 Å². The highest BCUT2D eigenvalue weighted by molar-refractivity contribution is 9.11. The van der Waals surface area contributed by atoms with Crippen molar-refractivity contribution in [3.05, 3.63) is 68.2 Å². The van der Waals surface area contributed by atoms with Gasteiger partial charge in [0.05, 0.1) is 4.47 Å². The summed E-state index contributed by atoms with van der Waals surface area (Å²) in [5.74, 6) is -0.132. The van der Waals surface area contributed by atoms with Crippen molar-refractivity contribution in [2.45, 2.75) is 6.42 Å². The van der Waals surface area contributed by atoms with Crippen LogP contribution in [-0.2, 0) is 16.0 Å². The minimum absolute atomic E-state index is 0.0419. The van der Waals surface area contributed by atoms with Crippen LogP contribution < -0.4 is 0 Å². The zero-order valence-electron chi connectivity index (χ0n) is 11.8. The van der Waals surface area contributed by atoms with Gasteiger partial charge in [-0.05, 0) is 39.7 Å². The fraction of sp³-hybridized carbons (Fsp3) is 0.0588. The molecule has 1 aliphatic rings. The zero-order valence-corrected chi connectivity index (χ0v) is 15.0. The third-order valence-electron chi connectivity index (χ3n) is 3.21. The fourth-order valence-electron chi connectivity index (χ4n) is 2.14. The minimum atomic E-state index is -0.522. The van der Waals surface area contributed by atoms with Crippen molar-refractivity contribution < 1.29 is 14.6 Å². The summed E-state index contributed by atoms with van der Waals surface area (Å²) in [5.41, 5.74) is 1.65. The highest BCUT2D eigenvalue weighted by Crippen LogP contribution is 2.33. The molecule has 2 aromatic carbocycles. The van der Waals surface area contributed by atoms with E-state index in [0.717, 1.165) is 10.0 Å². The van der Waals surface area contributed by atoms with Crippen LogP contribution in [0.2, 0.25) is 0 Å². The van der Waals surface area contributed by atoms with Crippen molar-refractivity contribution in [1.29, 1.82) is 0 Å². The summed E-state index contributed by atoms with van der Waals surface area (Å²) in [7, 11) is 0. The van der Waals surface area contributed by atoms with Gasteiger partial charge >= 0.3 is 5.97 Å². The van der Waals surface area contributed by atoms with Gasteiger partial charge in [-0.25, -0.2) is 9.79 Å². The van der Waals surface area contributed by atoms with Crippen LogP contribution in [0.5, 0.6) is 5.75 Å². The first-order chi connectivity index (χ1) is 11.0. The van der Waals surface area contributed by atoms with Crippen LogP contribution >= 0.6 is 31.9 Å². The predicted molar refractivity (Wildman–Crippen MR) is 95.2 cm³/mol. The van der Waals surface area contributed by atoms with Crippen molar-refractivity contribution in [3.63, 3.8) is 0 Å². The molecule has 4 nitrogen and oxygen atoms in total. The maximum Gasteiger partial charge on any atom is 0.363 e. The van der Waals surface area contributed by atoms with Crippen molar-refractivity contribution in [2.24, 2.45) is 4.99 Å². The second-order valence-electron chi connectivity index (χ2n) is 4.91. The molecular weight excluding hydrogens is 426 g/mol. The van der Waals surface area contributed by atoms with Gasteiger partial charge in [0, 0.05) is 16.5 Å². The number of benzene rings is 2. The number of esters is 1. The number of rotatable bonds is 3. The molecule has 0 bridgehead atoms. The molecule has 2 aromatic rings. The molecule has 0 aromatic heterocycles. The number of phenolic OH excluding ortho intramolecular Hbond substituents is 1. The van der Waals surface area contributed by atoms with E-state index in [1.165, 1.54) is 6.08 Å². The zero-order chi connectivity index (χ0) is 16.4. The second-order valence-corrected chi connectivity index (χ2v) is 6.68. The maximum atomic E-state index is 12.0. The summed E-state index contributed by atoms with van der Waals surface area (Å²) in [6.45, 7) is 0. The minimum Gasteiger partial charge on any atom is -0.506 e. The van der Waals surface area contributed by atoms with Gasteiger partial charge < -0.3 is 9.84 Å². The smallest absolute Gasteiger partial charge is 0.363 e. The Morgan fingerprint density at radius 1 is 1.17 bits per heavy atom. The first-order valence-corrected chi connectivity index (χ1v) is 8.35. The van der Waals surface area contributed by atoms with Crippen LogP contribution in [0.3, 0.4) is 0 Å². The normalized spacial score (nSPS) is 15.7. The lowest BCUT2D eigenvalue weighted by Crippen LogP contribution is -2.06. The van der Waals surface area contributed by atoms with E-state index in [0.29, 0.717) is 22.4 Å². The van der Waals surface area contributed by atoms with Crippen molar-refractivity contribution in [3.8, 4) is 5.75 Å². The predicted octanol–water partition coefficient (Wildman–Crippen LogP) is 4.46. The molecule has 1 heterocycles. The molecule has 116 valence electrons. The Balaban J connectivity index is 1.89. The molecule has 0 spiro atoms. The van der Waals surface area contributed by atoms with Crippen LogP contribution in [0.4, 0.5) is 0 Å². The molecule has 3 rings (SSSR count). The summed E-state index contributed by atoms with van der Waals surface area (Å²) in [6.07, 6.45) is 1.95. The quantitative estimate of drug-likeness (QED) is 0.570. The number of cyclic esters (lactones) is 1. The number of ether oxygens (including phenoxy) is 1. The highest BCUT2D eigenvalue weighted by Gasteiger charge is 2.23. The number of hydrogen-bond donors (Lipinski definition) is 1. The van der Waals surface area contributed by atoms with E-state index in [4.69, 9.17) is 4.74 Å². The van der Waals surface area contributed by atoms with Gasteiger partial charge in [-0.15, -0.1) is 0 Å². The van der Waals surface area contributed by atoms with E-state index in [2.05, 4.69) is 36.9 Å². The highest BCUT2D eigenvalue weighted by atomic mass is 79.9. The number of aliphatic imine (C=N–C) groups is 1. The number of hydrogen-bond acceptors (Lipinski definition) is 4. The Labute approximate surface area is 149 Å². The van der Waals surface area contributed by atoms with Crippen LogP contribution in [-0.4, -0.2) is 17.0 Å². The number of phenols is 1. The lowest BCUT2D eigenvalue weighted by Gasteiger charge is -2.03. The summed E-state index contributed by atoms with van der Waals surface area (Å²) < 4.78 is 6.49. The molecule has 0 aliphatic carbocycles. The second kappa shape index (κ2) is 6.68. The summed E-state index contributed by atoms with van der Waals surface area (Å²) in [6, 6.07) is 13.1. The Morgan fingerprint density at radius 2 is 1.91 bits per heavy atom. The number of halogens is 2. The molecule has 0 saturated heterocycles. The van der Waals surface area contributed by atoms with Gasteiger partial charge in [0.1, 0.15) is 5.75 Å². The SMILES string of the molecule is O=C1OC(Cc2ccccc2)=N/C1=C/c1cc(Br)cc(Br)c1O. The summed E-state index contributed by atoms with van der Waals surface area (Å²) in [4.78, 5) is 16.2. The third kappa shape index (κ3) is 3.71. The van der Waals surface area contributed by atoms with E-state index >= 15 is 0 Å². The van der Waals surface area contributed by atoms with Gasteiger partial charge in [-0.3, -0.25) is 0 Å². The van der Waals surface area contributed by atoms with Crippen molar-refractivity contribution in [1.82, 2.24) is 0 Å². The van der Waals surface area contributed by atoms with Gasteiger partial charge in [0.15, 0.2) is 5.70 Å². The van der Waals surface area contributed by atoms with Gasteiger partial charge in [-0.1, -0.05) is 46.3 Å². The number of aromatic hydroxyl groups is 1. The average Bonchev–Trinajstić information content (AvgIpc) is 2.85. The van der Waals surface area contributed by atoms with E-state index in [1.807, 2.05) is 30.3 Å². The van der Waals surface area contributed by atoms with Crippen LogP contribution in [0.25, 0.3) is 6.08 Å². The average molecular weight is 437 g/mol. The molecule has 1 N–H and O–H groups in total. The number of carbonyl (C=O) groups is 1. The molecule has 0 radical (unpaired) electrons. The monoisotopic (exact) mass is 435 g/mol. The van der Waals surface area contributed by atoms with Crippen LogP contribution in [0, 0.1) is 0 Å². The summed E-state index contributed by atoms with van der Waals surface area (Å²) >= 11 is 6.60. The van der Waals surface area contributed by atoms with Crippen molar-refractivity contribution in [2.75, 3.05) is 0 Å². The first kappa shape index (κ1) is 16.0. The molecule has 23 heavy (non-hydrogen) atoms. The molecule has 0 fully saturated rings. The van der Waals surface area contributed by atoms with Gasteiger partial charge in [-0.2, -0.15) is 0 Å². The van der Waals surface area contributed by atoms with E-state index in [9.17, 15) is 9.90 Å². The lowest BCUT2D eigenvalue weighted by atomic mass is 10.1. The van der Waals surface area contributed by atoms with Crippen molar-refractivity contribution >= 4 is 49.8 Å². The molecule has 0 amide bonds. The van der Waals surface area contributed by atoms with Crippen LogP contribution in [0.1, 0.15) is 11.1 Å². The van der Waals surface area contributed by atoms with Gasteiger partial charge in [0.2, 0.25) is 5.90 Å². The molecule has 0 saturated carbocycles. The third-order valence-corrected chi connectivity index (χ3v) is 4.28. The first-order valence-electron chi connectivity index (χ1n) is 6.76. The van der Waals surface area contributed by atoms with E-state index in [-0.39, 0.29) is 11.4 Å². The Bertz CT molecular complexity index is 829.